The summed E-state index contributed by atoms with van der Waals surface area (Å²) in [4.78, 5) is 35.6. The van der Waals surface area contributed by atoms with Crippen LogP contribution in [0, 0.1) is 17.6 Å². The Hall–Kier alpha value is -3.29. The highest BCUT2D eigenvalue weighted by atomic mass is 19.1. The van der Waals surface area contributed by atoms with Gasteiger partial charge in [0.15, 0.2) is 0 Å². The number of hydrogen-bond acceptors (Lipinski definition) is 3. The van der Waals surface area contributed by atoms with Crippen LogP contribution >= 0.6 is 0 Å². The quantitative estimate of drug-likeness (QED) is 0.630. The van der Waals surface area contributed by atoms with Crippen LogP contribution < -0.4 is 10.6 Å². The Morgan fingerprint density at radius 2 is 1.55 bits per heavy atom. The van der Waals surface area contributed by atoms with E-state index in [0.717, 1.165) is 12.1 Å². The van der Waals surface area contributed by atoms with Gasteiger partial charge in [0.25, 0.3) is 0 Å². The molecule has 0 radical (unpaired) electrons. The summed E-state index contributed by atoms with van der Waals surface area (Å²) in [6.07, 6.45) is -0.465. The summed E-state index contributed by atoms with van der Waals surface area (Å²) in [6.45, 7) is 2.62. The monoisotopic (exact) mass is 404 g/mol. The molecule has 0 saturated carbocycles. The number of nitrogens with one attached hydrogen (secondary N) is 2. The van der Waals surface area contributed by atoms with Crippen LogP contribution in [0.2, 0.25) is 0 Å². The van der Waals surface area contributed by atoms with Crippen LogP contribution in [-0.2, 0) is 14.4 Å². The summed E-state index contributed by atoms with van der Waals surface area (Å²) < 4.78 is 28.3. The van der Waals surface area contributed by atoms with Crippen molar-refractivity contribution in [1.29, 1.82) is 0 Å². The van der Waals surface area contributed by atoms with Crippen molar-refractivity contribution in [2.45, 2.75) is 32.4 Å². The Balaban J connectivity index is 2.27. The van der Waals surface area contributed by atoms with E-state index in [1.54, 1.807) is 30.3 Å². The molecule has 0 aliphatic heterocycles. The number of benzene rings is 2. The second kappa shape index (κ2) is 9.77. The number of aliphatic carboxylic acids is 1. The lowest BCUT2D eigenvalue weighted by atomic mass is 9.94. The van der Waals surface area contributed by atoms with Crippen LogP contribution in [0.3, 0.4) is 0 Å². The number of amides is 2. The third-order valence-electron chi connectivity index (χ3n) is 4.48. The van der Waals surface area contributed by atoms with Crippen molar-refractivity contribution in [3.05, 3.63) is 71.3 Å². The predicted molar refractivity (Wildman–Crippen MR) is 102 cm³/mol. The van der Waals surface area contributed by atoms with E-state index in [1.807, 2.05) is 0 Å². The number of carboxylic acid groups (broad SMARTS) is 1. The molecule has 2 rings (SSSR count). The molecule has 3 atom stereocenters. The Morgan fingerprint density at radius 3 is 2.07 bits per heavy atom. The molecule has 2 aromatic carbocycles. The second-order valence-corrected chi connectivity index (χ2v) is 6.68. The number of carbonyl (C=O) groups is 3. The van der Waals surface area contributed by atoms with Crippen molar-refractivity contribution in [3.63, 3.8) is 0 Å². The van der Waals surface area contributed by atoms with E-state index in [0.29, 0.717) is 5.56 Å². The molecule has 0 fully saturated rings. The van der Waals surface area contributed by atoms with Crippen molar-refractivity contribution in [1.82, 2.24) is 10.6 Å². The van der Waals surface area contributed by atoms with E-state index in [-0.39, 0.29) is 0 Å². The molecule has 29 heavy (non-hydrogen) atoms. The van der Waals surface area contributed by atoms with Crippen molar-refractivity contribution < 1.29 is 28.3 Å². The zero-order valence-corrected chi connectivity index (χ0v) is 16.0. The normalized spacial score (nSPS) is 13.8. The fourth-order valence-corrected chi connectivity index (χ4v) is 3.03. The van der Waals surface area contributed by atoms with Gasteiger partial charge in [-0.15, -0.1) is 0 Å². The molecule has 0 aromatic heterocycles. The molecule has 0 heterocycles. The van der Waals surface area contributed by atoms with Crippen LogP contribution in [0.25, 0.3) is 0 Å². The molecule has 2 aromatic rings. The van der Waals surface area contributed by atoms with E-state index in [4.69, 9.17) is 0 Å². The largest absolute Gasteiger partial charge is 0.481 e. The highest BCUT2D eigenvalue weighted by Gasteiger charge is 2.29. The van der Waals surface area contributed by atoms with E-state index in [2.05, 4.69) is 10.6 Å². The summed E-state index contributed by atoms with van der Waals surface area (Å²) in [6, 6.07) is 9.65. The van der Waals surface area contributed by atoms with Gasteiger partial charge >= 0.3 is 5.97 Å². The van der Waals surface area contributed by atoms with Gasteiger partial charge in [0, 0.05) is 12.5 Å². The maximum Gasteiger partial charge on any atom is 0.308 e. The molecule has 2 amide bonds. The average Bonchev–Trinajstić information content (AvgIpc) is 2.65. The zero-order chi connectivity index (χ0) is 21.6. The SMILES string of the molecule is CC(=O)N[C@H](CC(=O)N[C@@H](c1ccccc1)[C@H](C)C(=O)O)c1c(F)cccc1F. The van der Waals surface area contributed by atoms with Crippen LogP contribution in [0.4, 0.5) is 8.78 Å². The standard InChI is InChI=1S/C21H22F2N2O4/c1-12(21(28)29)20(14-7-4-3-5-8-14)25-18(27)11-17(24-13(2)26)19-15(22)9-6-10-16(19)23/h3-10,12,17,20H,11H2,1-2H3,(H,24,26)(H,25,27)(H,28,29)/t12-,17+,20+/m0/s1. The Kier molecular flexibility index (Phi) is 7.41. The summed E-state index contributed by atoms with van der Waals surface area (Å²) in [5.41, 5.74) is 0.143. The maximum absolute atomic E-state index is 14.2. The van der Waals surface area contributed by atoms with Crippen LogP contribution in [0.5, 0.6) is 0 Å². The van der Waals surface area contributed by atoms with Gasteiger partial charge < -0.3 is 15.7 Å². The van der Waals surface area contributed by atoms with Gasteiger partial charge in [-0.1, -0.05) is 36.4 Å². The molecule has 0 unspecified atom stereocenters. The lowest BCUT2D eigenvalue weighted by Gasteiger charge is -2.25. The molecule has 0 bridgehead atoms. The summed E-state index contributed by atoms with van der Waals surface area (Å²) in [7, 11) is 0. The lowest BCUT2D eigenvalue weighted by Crippen LogP contribution is -2.38. The highest BCUT2D eigenvalue weighted by molar-refractivity contribution is 5.80. The zero-order valence-electron chi connectivity index (χ0n) is 16.0. The molecule has 0 spiro atoms. The van der Waals surface area contributed by atoms with Gasteiger partial charge in [0.05, 0.1) is 24.4 Å². The average molecular weight is 404 g/mol. The maximum atomic E-state index is 14.2. The van der Waals surface area contributed by atoms with Gasteiger partial charge in [0.2, 0.25) is 11.8 Å². The molecule has 6 nitrogen and oxygen atoms in total. The summed E-state index contributed by atoms with van der Waals surface area (Å²) in [5.74, 6) is -5.08. The van der Waals surface area contributed by atoms with Crippen LogP contribution in [-0.4, -0.2) is 22.9 Å². The van der Waals surface area contributed by atoms with Crippen LogP contribution in [0.15, 0.2) is 48.5 Å². The molecule has 0 aliphatic carbocycles. The van der Waals surface area contributed by atoms with Gasteiger partial charge in [-0.3, -0.25) is 14.4 Å². The molecule has 0 aliphatic rings. The number of carboxylic acids is 1. The summed E-state index contributed by atoms with van der Waals surface area (Å²) >= 11 is 0. The third kappa shape index (κ3) is 5.84. The van der Waals surface area contributed by atoms with Crippen molar-refractivity contribution >= 4 is 17.8 Å². The fraction of sp³-hybridized carbons (Fsp3) is 0.286. The van der Waals surface area contributed by atoms with Crippen molar-refractivity contribution in [2.75, 3.05) is 0 Å². The molecule has 0 saturated heterocycles. The van der Waals surface area contributed by atoms with Crippen molar-refractivity contribution in [2.24, 2.45) is 5.92 Å². The minimum atomic E-state index is -1.25. The van der Waals surface area contributed by atoms with Gasteiger partial charge in [0.1, 0.15) is 11.6 Å². The minimum Gasteiger partial charge on any atom is -0.481 e. The highest BCUT2D eigenvalue weighted by Crippen LogP contribution is 2.26. The summed E-state index contributed by atoms with van der Waals surface area (Å²) in [5, 5.41) is 14.4. The molecule has 8 heteroatoms. The topological polar surface area (TPSA) is 95.5 Å². The van der Waals surface area contributed by atoms with E-state index < -0.39 is 59.4 Å². The first-order chi connectivity index (χ1) is 13.7. The third-order valence-corrected chi connectivity index (χ3v) is 4.48. The lowest BCUT2D eigenvalue weighted by molar-refractivity contribution is -0.142. The minimum absolute atomic E-state index is 0.430. The Bertz CT molecular complexity index is 869. The van der Waals surface area contributed by atoms with E-state index in [1.165, 1.54) is 19.9 Å². The first-order valence-electron chi connectivity index (χ1n) is 8.98. The van der Waals surface area contributed by atoms with Gasteiger partial charge in [-0.25, -0.2) is 8.78 Å². The first kappa shape index (κ1) is 22.0. The Morgan fingerprint density at radius 1 is 0.966 bits per heavy atom. The molecular formula is C21H22F2N2O4. The first-order valence-corrected chi connectivity index (χ1v) is 8.98. The molecular weight excluding hydrogens is 382 g/mol. The van der Waals surface area contributed by atoms with Crippen molar-refractivity contribution in [3.8, 4) is 0 Å². The molecule has 154 valence electrons. The number of rotatable bonds is 8. The van der Waals surface area contributed by atoms with Gasteiger partial charge in [-0.2, -0.15) is 0 Å². The predicted octanol–water partition coefficient (Wildman–Crippen LogP) is 3.11. The second-order valence-electron chi connectivity index (χ2n) is 6.68. The fourth-order valence-electron chi connectivity index (χ4n) is 3.03. The number of hydrogen-bond donors (Lipinski definition) is 3. The van der Waals surface area contributed by atoms with Crippen LogP contribution in [0.1, 0.15) is 43.5 Å². The van der Waals surface area contributed by atoms with E-state index in [9.17, 15) is 28.3 Å². The molecule has 3 N–H and O–H groups in total. The van der Waals surface area contributed by atoms with Gasteiger partial charge in [-0.05, 0) is 24.6 Å². The number of carbonyl (C=O) groups excluding carboxylic acids is 2. The smallest absolute Gasteiger partial charge is 0.308 e. The Labute approximate surface area is 166 Å². The van der Waals surface area contributed by atoms with E-state index >= 15 is 0 Å². The number of halogens is 2.